The van der Waals surface area contributed by atoms with Gasteiger partial charge >= 0.3 is 24.6 Å². The van der Waals surface area contributed by atoms with Crippen molar-refractivity contribution in [1.82, 2.24) is 4.90 Å². The standard InChI is InChI=1S/C20H12F9IN2O4/c1-8-16(9-2-11(18(21,22)23)5-12(3-9)19(24,25)26)36-17(33)31(8)7-10-4-13(20(27,28)29)6-14(15(10)30)32(34)35/h2-6,8,16H,7H2,1H3/t8-,16-/m0/s1. The zero-order valence-electron chi connectivity index (χ0n) is 17.6. The van der Waals surface area contributed by atoms with Gasteiger partial charge < -0.3 is 4.74 Å². The van der Waals surface area contributed by atoms with Crippen LogP contribution in [0.2, 0.25) is 0 Å². The minimum atomic E-state index is -5.16. The molecule has 1 aliphatic heterocycles. The molecule has 0 saturated carbocycles. The fourth-order valence-electron chi connectivity index (χ4n) is 3.57. The van der Waals surface area contributed by atoms with Gasteiger partial charge in [-0.05, 0) is 64.9 Å². The lowest BCUT2D eigenvalue weighted by molar-refractivity contribution is -0.386. The molecule has 36 heavy (non-hydrogen) atoms. The normalized spacial score (nSPS) is 19.0. The average molecular weight is 642 g/mol. The zero-order chi connectivity index (χ0) is 27.4. The molecule has 16 heteroatoms. The Balaban J connectivity index is 2.03. The van der Waals surface area contributed by atoms with Crippen LogP contribution in [0, 0.1) is 13.7 Å². The van der Waals surface area contributed by atoms with Crippen molar-refractivity contribution in [3.05, 3.63) is 71.8 Å². The molecule has 0 aliphatic carbocycles. The Labute approximate surface area is 209 Å². The van der Waals surface area contributed by atoms with Crippen molar-refractivity contribution in [2.45, 2.75) is 44.1 Å². The summed E-state index contributed by atoms with van der Waals surface area (Å²) >= 11 is 1.41. The minimum absolute atomic E-state index is 0.104. The molecule has 1 fully saturated rings. The first-order chi connectivity index (χ1) is 16.3. The smallest absolute Gasteiger partial charge is 0.416 e. The summed E-state index contributed by atoms with van der Waals surface area (Å²) in [4.78, 5) is 23.4. The molecule has 0 spiro atoms. The van der Waals surface area contributed by atoms with E-state index in [4.69, 9.17) is 4.74 Å². The topological polar surface area (TPSA) is 72.7 Å². The van der Waals surface area contributed by atoms with Crippen LogP contribution in [0.3, 0.4) is 0 Å². The highest BCUT2D eigenvalue weighted by Crippen LogP contribution is 2.42. The summed E-state index contributed by atoms with van der Waals surface area (Å²) in [5.41, 5.74) is -6.51. The van der Waals surface area contributed by atoms with Crippen LogP contribution in [0.1, 0.15) is 40.8 Å². The maximum Gasteiger partial charge on any atom is 0.416 e. The molecular formula is C20H12F9IN2O4. The summed E-state index contributed by atoms with van der Waals surface area (Å²) in [5, 5.41) is 11.2. The molecule has 0 N–H and O–H groups in total. The van der Waals surface area contributed by atoms with Gasteiger partial charge in [-0.1, -0.05) is 0 Å². The van der Waals surface area contributed by atoms with E-state index in [0.29, 0.717) is 24.3 Å². The SMILES string of the molecule is C[C@H]1[C@@H](c2cc(C(F)(F)F)cc(C(F)(F)F)c2)OC(=O)N1Cc1cc(C(F)(F)F)cc([N+](=O)[O-])c1I. The zero-order valence-corrected chi connectivity index (χ0v) is 19.7. The molecule has 196 valence electrons. The summed E-state index contributed by atoms with van der Waals surface area (Å²) in [6.07, 6.45) is -18.2. The van der Waals surface area contributed by atoms with Gasteiger partial charge in [0.2, 0.25) is 0 Å². The number of carbonyl (C=O) groups excluding carboxylic acids is 1. The molecule has 0 aromatic heterocycles. The van der Waals surface area contributed by atoms with Crippen LogP contribution in [0.4, 0.5) is 50.0 Å². The molecule has 3 rings (SSSR count). The van der Waals surface area contributed by atoms with E-state index in [-0.39, 0.29) is 15.2 Å². The lowest BCUT2D eigenvalue weighted by Crippen LogP contribution is -2.32. The van der Waals surface area contributed by atoms with E-state index in [1.165, 1.54) is 29.5 Å². The van der Waals surface area contributed by atoms with Gasteiger partial charge in [0, 0.05) is 6.07 Å². The first-order valence-corrected chi connectivity index (χ1v) is 10.7. The van der Waals surface area contributed by atoms with Gasteiger partial charge in [-0.25, -0.2) is 4.79 Å². The molecule has 1 heterocycles. The van der Waals surface area contributed by atoms with Gasteiger partial charge in [-0.2, -0.15) is 39.5 Å². The van der Waals surface area contributed by atoms with E-state index >= 15 is 0 Å². The van der Waals surface area contributed by atoms with Gasteiger partial charge in [0.25, 0.3) is 5.69 Å². The van der Waals surface area contributed by atoms with Crippen LogP contribution < -0.4 is 0 Å². The molecule has 2 atom stereocenters. The second kappa shape index (κ2) is 9.26. The van der Waals surface area contributed by atoms with Crippen molar-refractivity contribution in [2.75, 3.05) is 0 Å². The second-order valence-corrected chi connectivity index (χ2v) is 8.81. The molecular weight excluding hydrogens is 630 g/mol. The van der Waals surface area contributed by atoms with Crippen LogP contribution in [0.5, 0.6) is 0 Å². The van der Waals surface area contributed by atoms with Crippen molar-refractivity contribution in [1.29, 1.82) is 0 Å². The Morgan fingerprint density at radius 2 is 1.39 bits per heavy atom. The van der Waals surface area contributed by atoms with Gasteiger partial charge in [0.15, 0.2) is 0 Å². The number of nitro benzene ring substituents is 1. The average Bonchev–Trinajstić information content (AvgIpc) is 3.00. The molecule has 6 nitrogen and oxygen atoms in total. The molecule has 0 radical (unpaired) electrons. The number of halogens is 10. The number of hydrogen-bond acceptors (Lipinski definition) is 4. The van der Waals surface area contributed by atoms with Gasteiger partial charge in [-0.3, -0.25) is 15.0 Å². The van der Waals surface area contributed by atoms with Crippen molar-refractivity contribution >= 4 is 34.4 Å². The number of amides is 1. The molecule has 1 saturated heterocycles. The van der Waals surface area contributed by atoms with Crippen molar-refractivity contribution in [2.24, 2.45) is 0 Å². The van der Waals surface area contributed by atoms with Gasteiger partial charge in [0.1, 0.15) is 6.10 Å². The lowest BCUT2D eigenvalue weighted by atomic mass is 9.97. The maximum absolute atomic E-state index is 13.2. The Morgan fingerprint density at radius 1 is 0.917 bits per heavy atom. The maximum atomic E-state index is 13.2. The Morgan fingerprint density at radius 3 is 1.83 bits per heavy atom. The van der Waals surface area contributed by atoms with Crippen molar-refractivity contribution < 1.29 is 54.0 Å². The third-order valence-electron chi connectivity index (χ3n) is 5.32. The lowest BCUT2D eigenvalue weighted by Gasteiger charge is -2.23. The molecule has 1 aliphatic rings. The number of cyclic esters (lactones) is 1. The number of hydrogen-bond donors (Lipinski definition) is 0. The van der Waals surface area contributed by atoms with Crippen LogP contribution in [-0.2, 0) is 29.8 Å². The molecule has 2 aromatic rings. The van der Waals surface area contributed by atoms with E-state index in [1.807, 2.05) is 0 Å². The number of ether oxygens (including phenoxy) is 1. The number of nitro groups is 1. The summed E-state index contributed by atoms with van der Waals surface area (Å²) in [6, 6.07) is 0.284. The number of nitrogens with zero attached hydrogens (tertiary/aromatic N) is 2. The predicted molar refractivity (Wildman–Crippen MR) is 111 cm³/mol. The fraction of sp³-hybridized carbons (Fsp3) is 0.350. The van der Waals surface area contributed by atoms with Gasteiger partial charge in [0.05, 0.1) is 37.8 Å². The number of carbonyl (C=O) groups is 1. The number of alkyl halides is 9. The Kier molecular flexibility index (Phi) is 7.15. The van der Waals surface area contributed by atoms with Gasteiger partial charge in [-0.15, -0.1) is 0 Å². The van der Waals surface area contributed by atoms with Crippen LogP contribution in [0.25, 0.3) is 0 Å². The predicted octanol–water partition coefficient (Wildman–Crippen LogP) is 7.34. The van der Waals surface area contributed by atoms with E-state index in [2.05, 4.69) is 0 Å². The largest absolute Gasteiger partial charge is 0.439 e. The summed E-state index contributed by atoms with van der Waals surface area (Å²) < 4.78 is 124. The molecule has 0 bridgehead atoms. The first-order valence-electron chi connectivity index (χ1n) is 9.61. The first kappa shape index (κ1) is 27.8. The fourth-order valence-corrected chi connectivity index (χ4v) is 4.24. The molecule has 2 aromatic carbocycles. The highest BCUT2D eigenvalue weighted by molar-refractivity contribution is 14.1. The Hall–Kier alpha value is -2.79. The van der Waals surface area contributed by atoms with E-state index in [0.717, 1.165) is 4.90 Å². The third kappa shape index (κ3) is 5.62. The van der Waals surface area contributed by atoms with E-state index in [9.17, 15) is 54.4 Å². The van der Waals surface area contributed by atoms with Crippen molar-refractivity contribution in [3.8, 4) is 0 Å². The Bertz CT molecular complexity index is 1180. The van der Waals surface area contributed by atoms with Crippen molar-refractivity contribution in [3.63, 3.8) is 0 Å². The minimum Gasteiger partial charge on any atom is -0.439 e. The van der Waals surface area contributed by atoms with Crippen LogP contribution >= 0.6 is 22.6 Å². The van der Waals surface area contributed by atoms with Crippen LogP contribution in [-0.4, -0.2) is 22.0 Å². The highest BCUT2D eigenvalue weighted by Gasteiger charge is 2.44. The monoisotopic (exact) mass is 642 g/mol. The number of benzene rings is 2. The summed E-state index contributed by atoms with van der Waals surface area (Å²) in [6.45, 7) is 0.516. The number of rotatable bonds is 4. The third-order valence-corrected chi connectivity index (χ3v) is 6.57. The van der Waals surface area contributed by atoms with E-state index in [1.54, 1.807) is 0 Å². The summed E-state index contributed by atoms with van der Waals surface area (Å²) in [7, 11) is 0. The summed E-state index contributed by atoms with van der Waals surface area (Å²) in [5.74, 6) is 0. The highest BCUT2D eigenvalue weighted by atomic mass is 127. The van der Waals surface area contributed by atoms with Crippen LogP contribution in [0.15, 0.2) is 30.3 Å². The second-order valence-electron chi connectivity index (χ2n) is 7.74. The molecule has 1 amide bonds. The van der Waals surface area contributed by atoms with E-state index < -0.39 is 76.2 Å². The molecule has 0 unspecified atom stereocenters. The quantitative estimate of drug-likeness (QED) is 0.152.